The highest BCUT2D eigenvalue weighted by atomic mass is 16.3. The van der Waals surface area contributed by atoms with Crippen molar-refractivity contribution in [3.8, 4) is 0 Å². The number of fused-ring (bicyclic) bond motifs is 1. The Bertz CT molecular complexity index is 414. The van der Waals surface area contributed by atoms with Gasteiger partial charge in [0, 0.05) is 12.3 Å². The quantitative estimate of drug-likeness (QED) is 0.773. The molecule has 0 aromatic heterocycles. The van der Waals surface area contributed by atoms with Crippen molar-refractivity contribution in [3.63, 3.8) is 0 Å². The molecule has 0 amide bonds. The van der Waals surface area contributed by atoms with Gasteiger partial charge in [0.2, 0.25) is 0 Å². The number of allylic oxidation sites excluding steroid dienone is 2. The van der Waals surface area contributed by atoms with Gasteiger partial charge in [0.05, 0.1) is 5.60 Å². The van der Waals surface area contributed by atoms with Gasteiger partial charge in [0.15, 0.2) is 0 Å². The van der Waals surface area contributed by atoms with Crippen molar-refractivity contribution in [2.75, 3.05) is 0 Å². The molecule has 2 aliphatic rings. The van der Waals surface area contributed by atoms with Crippen LogP contribution in [0, 0.1) is 11.3 Å². The second kappa shape index (κ2) is 5.63. The first-order valence-corrected chi connectivity index (χ1v) is 8.18. The first-order valence-electron chi connectivity index (χ1n) is 8.18. The summed E-state index contributed by atoms with van der Waals surface area (Å²) in [5.41, 5.74) is 2.63. The second-order valence-electron chi connectivity index (χ2n) is 7.75. The molecule has 2 atom stereocenters. The third-order valence-electron chi connectivity index (χ3n) is 5.50. The van der Waals surface area contributed by atoms with Gasteiger partial charge in [0.25, 0.3) is 0 Å². The van der Waals surface area contributed by atoms with Crippen molar-refractivity contribution in [2.45, 2.75) is 84.7 Å². The van der Waals surface area contributed by atoms with E-state index in [1.807, 2.05) is 13.8 Å². The smallest absolute Gasteiger partial charge is 0.136 e. The Hall–Kier alpha value is -0.630. The molecule has 2 heteroatoms. The maximum Gasteiger partial charge on any atom is 0.136 e. The molecule has 114 valence electrons. The number of hydrogen-bond donors (Lipinski definition) is 1. The maximum atomic E-state index is 12.1. The van der Waals surface area contributed by atoms with E-state index >= 15 is 0 Å². The Morgan fingerprint density at radius 3 is 2.75 bits per heavy atom. The van der Waals surface area contributed by atoms with E-state index in [2.05, 4.69) is 13.8 Å². The van der Waals surface area contributed by atoms with Crippen molar-refractivity contribution < 1.29 is 9.90 Å². The minimum atomic E-state index is -0.562. The summed E-state index contributed by atoms with van der Waals surface area (Å²) < 4.78 is 0. The van der Waals surface area contributed by atoms with E-state index in [4.69, 9.17) is 0 Å². The Morgan fingerprint density at radius 2 is 2.10 bits per heavy atom. The molecule has 0 aliphatic heterocycles. The summed E-state index contributed by atoms with van der Waals surface area (Å²) in [4.78, 5) is 12.1. The number of rotatable bonds is 4. The van der Waals surface area contributed by atoms with Crippen molar-refractivity contribution >= 4 is 5.78 Å². The maximum absolute atomic E-state index is 12.1. The van der Waals surface area contributed by atoms with Crippen molar-refractivity contribution in [1.29, 1.82) is 0 Å². The number of Topliss-reactive ketones (excluding diaryl/α,β-unsaturated/α-hetero) is 1. The molecule has 2 saturated carbocycles. The Balaban J connectivity index is 2.07. The molecule has 0 saturated heterocycles. The van der Waals surface area contributed by atoms with Crippen LogP contribution in [0.4, 0.5) is 0 Å². The summed E-state index contributed by atoms with van der Waals surface area (Å²) >= 11 is 0. The lowest BCUT2D eigenvalue weighted by atomic mass is 9.66. The molecule has 0 radical (unpaired) electrons. The molecule has 2 nitrogen and oxygen atoms in total. The number of ketones is 1. The fourth-order valence-electron chi connectivity index (χ4n) is 4.39. The normalized spacial score (nSPS) is 33.2. The Labute approximate surface area is 123 Å². The molecular weight excluding hydrogens is 248 g/mol. The lowest BCUT2D eigenvalue weighted by molar-refractivity contribution is -0.127. The van der Waals surface area contributed by atoms with Crippen LogP contribution in [0.1, 0.15) is 79.1 Å². The molecule has 0 heterocycles. The summed E-state index contributed by atoms with van der Waals surface area (Å²) in [6.07, 6.45) is 8.16. The van der Waals surface area contributed by atoms with E-state index in [0.29, 0.717) is 5.78 Å². The lowest BCUT2D eigenvalue weighted by Gasteiger charge is -2.37. The molecule has 0 spiro atoms. The van der Waals surface area contributed by atoms with E-state index in [-0.39, 0.29) is 11.3 Å². The minimum Gasteiger partial charge on any atom is -0.390 e. The van der Waals surface area contributed by atoms with Crippen LogP contribution in [0.2, 0.25) is 0 Å². The molecular formula is C18H30O2. The molecule has 2 rings (SSSR count). The molecule has 0 bridgehead atoms. The number of carbonyl (C=O) groups excluding carboxylic acids is 1. The lowest BCUT2D eigenvalue weighted by Crippen LogP contribution is -2.34. The summed E-state index contributed by atoms with van der Waals surface area (Å²) in [6, 6.07) is 0. The average molecular weight is 278 g/mol. The molecule has 20 heavy (non-hydrogen) atoms. The van der Waals surface area contributed by atoms with Crippen molar-refractivity contribution in [3.05, 3.63) is 11.1 Å². The van der Waals surface area contributed by atoms with Crippen LogP contribution in [0.25, 0.3) is 0 Å². The van der Waals surface area contributed by atoms with Crippen LogP contribution in [-0.4, -0.2) is 16.5 Å². The third kappa shape index (κ3) is 3.16. The van der Waals surface area contributed by atoms with Gasteiger partial charge in [0.1, 0.15) is 5.78 Å². The average Bonchev–Trinajstić information content (AvgIpc) is 2.66. The van der Waals surface area contributed by atoms with E-state index in [1.165, 1.54) is 12.0 Å². The summed E-state index contributed by atoms with van der Waals surface area (Å²) in [5, 5.41) is 9.81. The van der Waals surface area contributed by atoms with Gasteiger partial charge in [-0.15, -0.1) is 0 Å². The molecule has 0 aromatic rings. The molecule has 1 N–H and O–H groups in total. The largest absolute Gasteiger partial charge is 0.390 e. The highest BCUT2D eigenvalue weighted by molar-refractivity contribution is 5.84. The van der Waals surface area contributed by atoms with Gasteiger partial charge in [-0.25, -0.2) is 0 Å². The topological polar surface area (TPSA) is 37.3 Å². The highest BCUT2D eigenvalue weighted by Gasteiger charge is 2.48. The second-order valence-corrected chi connectivity index (χ2v) is 7.75. The zero-order valence-corrected chi connectivity index (χ0v) is 13.6. The van der Waals surface area contributed by atoms with Crippen molar-refractivity contribution in [1.82, 2.24) is 0 Å². The van der Waals surface area contributed by atoms with Crippen molar-refractivity contribution in [2.24, 2.45) is 11.3 Å². The van der Waals surface area contributed by atoms with Gasteiger partial charge < -0.3 is 5.11 Å². The van der Waals surface area contributed by atoms with Gasteiger partial charge in [-0.2, -0.15) is 0 Å². The first kappa shape index (κ1) is 15.8. The van der Waals surface area contributed by atoms with Crippen LogP contribution in [0.15, 0.2) is 11.1 Å². The number of hydrogen-bond acceptors (Lipinski definition) is 2. The van der Waals surface area contributed by atoms with Crippen LogP contribution >= 0.6 is 0 Å². The van der Waals surface area contributed by atoms with Gasteiger partial charge >= 0.3 is 0 Å². The van der Waals surface area contributed by atoms with Gasteiger partial charge in [-0.05, 0) is 71.1 Å². The van der Waals surface area contributed by atoms with E-state index in [0.717, 1.165) is 44.9 Å². The zero-order valence-electron chi connectivity index (χ0n) is 13.6. The first-order chi connectivity index (χ1) is 9.24. The number of carbonyl (C=O) groups is 1. The molecule has 0 aromatic carbocycles. The van der Waals surface area contributed by atoms with Crippen LogP contribution < -0.4 is 0 Å². The van der Waals surface area contributed by atoms with Crippen LogP contribution in [-0.2, 0) is 4.79 Å². The highest BCUT2D eigenvalue weighted by Crippen LogP contribution is 2.55. The standard InChI is InChI=1S/C18H30O2/c1-13(7-5-11-17(2,3)20)14-9-10-15-16(19)8-6-12-18(14,15)4/h15,20H,5-12H2,1-4H3/b14-13-/t15-,18+/m0/s1. The molecule has 0 unspecified atom stereocenters. The monoisotopic (exact) mass is 278 g/mol. The van der Waals surface area contributed by atoms with E-state index in [9.17, 15) is 9.90 Å². The Kier molecular flexibility index (Phi) is 4.44. The summed E-state index contributed by atoms with van der Waals surface area (Å²) in [7, 11) is 0. The third-order valence-corrected chi connectivity index (χ3v) is 5.50. The molecule has 2 aliphatic carbocycles. The summed E-state index contributed by atoms with van der Waals surface area (Å²) in [5.74, 6) is 0.786. The fraction of sp³-hybridized carbons (Fsp3) is 0.833. The SMILES string of the molecule is C/C(CCCC(C)(C)O)=C1\CC[C@H]2C(=O)CCC[C@]12C. The fourth-order valence-corrected chi connectivity index (χ4v) is 4.39. The van der Waals surface area contributed by atoms with Crippen LogP contribution in [0.3, 0.4) is 0 Å². The Morgan fingerprint density at radius 1 is 1.40 bits per heavy atom. The minimum absolute atomic E-state index is 0.147. The predicted molar refractivity (Wildman–Crippen MR) is 82.5 cm³/mol. The van der Waals surface area contributed by atoms with Crippen LogP contribution in [0.5, 0.6) is 0 Å². The van der Waals surface area contributed by atoms with Gasteiger partial charge in [-0.3, -0.25) is 4.79 Å². The number of aliphatic hydroxyl groups is 1. The summed E-state index contributed by atoms with van der Waals surface area (Å²) in [6.45, 7) is 8.31. The molecule has 2 fully saturated rings. The van der Waals surface area contributed by atoms with Gasteiger partial charge in [-0.1, -0.05) is 18.1 Å². The van der Waals surface area contributed by atoms with E-state index in [1.54, 1.807) is 5.57 Å². The van der Waals surface area contributed by atoms with E-state index < -0.39 is 5.60 Å². The predicted octanol–water partition coefficient (Wildman–Crippen LogP) is 4.41. The zero-order chi connectivity index (χ0) is 15.0.